The van der Waals surface area contributed by atoms with E-state index in [1.165, 1.54) is 29.4 Å². The number of benzene rings is 1. The monoisotopic (exact) mass is 326 g/mol. The highest BCUT2D eigenvalue weighted by atomic mass is 16.5. The van der Waals surface area contributed by atoms with Gasteiger partial charge in [-0.1, -0.05) is 39.8 Å². The van der Waals surface area contributed by atoms with Gasteiger partial charge in [0.05, 0.1) is 7.11 Å². The van der Waals surface area contributed by atoms with Crippen LogP contribution < -0.4 is 0 Å². The Labute approximate surface area is 144 Å². The second-order valence-corrected chi connectivity index (χ2v) is 8.20. The number of carbonyl (C=O) groups excluding carboxylic acids is 1. The third-order valence-corrected chi connectivity index (χ3v) is 5.23. The molecule has 1 heterocycles. The zero-order valence-electron chi connectivity index (χ0n) is 15.4. The van der Waals surface area contributed by atoms with Crippen molar-refractivity contribution in [1.82, 2.24) is 0 Å². The Kier molecular flexibility index (Phi) is 3.86. The molecule has 3 nitrogen and oxygen atoms in total. The molecule has 0 N–H and O–H groups in total. The van der Waals surface area contributed by atoms with Gasteiger partial charge in [0, 0.05) is 6.42 Å². The van der Waals surface area contributed by atoms with Crippen molar-refractivity contribution in [2.75, 3.05) is 7.11 Å². The molecule has 0 saturated heterocycles. The lowest BCUT2D eigenvalue weighted by Crippen LogP contribution is -2.18. The Morgan fingerprint density at radius 2 is 1.75 bits per heavy atom. The lowest BCUT2D eigenvalue weighted by atomic mass is 9.82. The zero-order chi connectivity index (χ0) is 17.7. The second kappa shape index (κ2) is 5.51. The molecule has 1 aliphatic rings. The molecular weight excluding hydrogens is 300 g/mol. The van der Waals surface area contributed by atoms with E-state index in [0.717, 1.165) is 12.2 Å². The van der Waals surface area contributed by atoms with E-state index in [0.29, 0.717) is 6.42 Å². The Balaban J connectivity index is 1.96. The van der Waals surface area contributed by atoms with E-state index in [9.17, 15) is 4.79 Å². The number of hydrogen-bond donors (Lipinski definition) is 0. The first-order chi connectivity index (χ1) is 11.1. The summed E-state index contributed by atoms with van der Waals surface area (Å²) in [6, 6.07) is 8.20. The predicted molar refractivity (Wildman–Crippen MR) is 94.7 cm³/mol. The number of carbonyl (C=O) groups is 1. The van der Waals surface area contributed by atoms with Crippen LogP contribution >= 0.6 is 0 Å². The molecule has 0 unspecified atom stereocenters. The summed E-state index contributed by atoms with van der Waals surface area (Å²) in [5, 5.41) is 0. The van der Waals surface area contributed by atoms with Crippen LogP contribution in [-0.4, -0.2) is 13.1 Å². The smallest absolute Gasteiger partial charge is 0.373 e. The molecule has 0 bridgehead atoms. The van der Waals surface area contributed by atoms with E-state index in [1.807, 2.05) is 6.07 Å². The van der Waals surface area contributed by atoms with E-state index in [-0.39, 0.29) is 16.6 Å². The minimum absolute atomic E-state index is 0.182. The highest BCUT2D eigenvalue weighted by Crippen LogP contribution is 2.50. The molecule has 3 rings (SSSR count). The van der Waals surface area contributed by atoms with Crippen molar-refractivity contribution in [3.63, 3.8) is 0 Å². The van der Waals surface area contributed by atoms with Gasteiger partial charge in [0.25, 0.3) is 0 Å². The second-order valence-electron chi connectivity index (χ2n) is 8.20. The van der Waals surface area contributed by atoms with Gasteiger partial charge in [-0.2, -0.15) is 0 Å². The molecule has 1 aliphatic carbocycles. The Hall–Kier alpha value is -2.03. The first-order valence-corrected chi connectivity index (χ1v) is 8.45. The number of esters is 1. The van der Waals surface area contributed by atoms with Gasteiger partial charge >= 0.3 is 5.97 Å². The lowest BCUT2D eigenvalue weighted by molar-refractivity contribution is 0.0563. The molecule has 0 spiro atoms. The fraction of sp³-hybridized carbons (Fsp3) is 0.476. The minimum atomic E-state index is -0.435. The van der Waals surface area contributed by atoms with Crippen LogP contribution in [0.3, 0.4) is 0 Å². The number of fused-ring (bicyclic) bond motifs is 1. The predicted octanol–water partition coefficient (Wildman–Crippen LogP) is 4.92. The summed E-state index contributed by atoms with van der Waals surface area (Å²) in [5.41, 5.74) is 5.82. The highest BCUT2D eigenvalue weighted by molar-refractivity contribution is 5.86. The van der Waals surface area contributed by atoms with Gasteiger partial charge < -0.3 is 9.15 Å². The van der Waals surface area contributed by atoms with Crippen molar-refractivity contribution in [3.05, 3.63) is 58.0 Å². The van der Waals surface area contributed by atoms with E-state index < -0.39 is 5.97 Å². The summed E-state index contributed by atoms with van der Waals surface area (Å²) in [6.45, 7) is 11.5. The molecule has 128 valence electrons. The van der Waals surface area contributed by atoms with Crippen LogP contribution in [0.1, 0.15) is 72.7 Å². The minimum Gasteiger partial charge on any atom is -0.463 e. The van der Waals surface area contributed by atoms with Crippen LogP contribution in [0.5, 0.6) is 0 Å². The number of ether oxygens (including phenoxy) is 1. The van der Waals surface area contributed by atoms with E-state index in [1.54, 1.807) is 6.07 Å². The molecule has 0 aliphatic heterocycles. The molecule has 2 aromatic rings. The van der Waals surface area contributed by atoms with Crippen molar-refractivity contribution in [2.24, 2.45) is 0 Å². The maximum Gasteiger partial charge on any atom is 0.373 e. The molecule has 24 heavy (non-hydrogen) atoms. The zero-order valence-corrected chi connectivity index (χ0v) is 15.4. The number of aryl methyl sites for hydroxylation is 1. The molecule has 0 amide bonds. The van der Waals surface area contributed by atoms with Crippen LogP contribution in [0.4, 0.5) is 0 Å². The molecule has 0 radical (unpaired) electrons. The highest BCUT2D eigenvalue weighted by Gasteiger charge is 2.42. The van der Waals surface area contributed by atoms with Crippen LogP contribution in [0.25, 0.3) is 0 Å². The van der Waals surface area contributed by atoms with Crippen LogP contribution in [0, 0.1) is 6.92 Å². The SMILES string of the molecule is COC(=O)c1ccc(Cc2cc3c(cc2C)C(C)(C)CC3(C)C)o1. The summed E-state index contributed by atoms with van der Waals surface area (Å²) >= 11 is 0. The number of rotatable bonds is 3. The van der Waals surface area contributed by atoms with Gasteiger partial charge in [-0.05, 0) is 58.6 Å². The lowest BCUT2D eigenvalue weighted by Gasteiger charge is -2.22. The largest absolute Gasteiger partial charge is 0.463 e. The molecular formula is C21H26O3. The van der Waals surface area contributed by atoms with Crippen molar-refractivity contribution in [2.45, 2.75) is 58.3 Å². The topological polar surface area (TPSA) is 39.4 Å². The summed E-state index contributed by atoms with van der Waals surface area (Å²) in [6.07, 6.45) is 1.85. The average Bonchev–Trinajstić information content (AvgIpc) is 3.01. The Bertz CT molecular complexity index is 793. The summed E-state index contributed by atoms with van der Waals surface area (Å²) in [7, 11) is 1.36. The molecule has 0 atom stereocenters. The number of hydrogen-bond acceptors (Lipinski definition) is 3. The molecule has 0 saturated carbocycles. The Morgan fingerprint density at radius 1 is 1.12 bits per heavy atom. The van der Waals surface area contributed by atoms with Crippen molar-refractivity contribution in [1.29, 1.82) is 0 Å². The van der Waals surface area contributed by atoms with E-state index in [4.69, 9.17) is 9.15 Å². The van der Waals surface area contributed by atoms with Crippen molar-refractivity contribution < 1.29 is 13.9 Å². The average molecular weight is 326 g/mol. The van der Waals surface area contributed by atoms with Gasteiger partial charge in [-0.3, -0.25) is 0 Å². The van der Waals surface area contributed by atoms with Crippen molar-refractivity contribution >= 4 is 5.97 Å². The first kappa shape index (κ1) is 16.8. The molecule has 3 heteroatoms. The van der Waals surface area contributed by atoms with Gasteiger partial charge in [0.15, 0.2) is 0 Å². The molecule has 1 aromatic carbocycles. The molecule has 0 fully saturated rings. The van der Waals surface area contributed by atoms with E-state index in [2.05, 4.69) is 46.8 Å². The molecule has 1 aromatic heterocycles. The van der Waals surface area contributed by atoms with Gasteiger partial charge in [0.1, 0.15) is 5.76 Å². The first-order valence-electron chi connectivity index (χ1n) is 8.45. The van der Waals surface area contributed by atoms with Gasteiger partial charge in [-0.25, -0.2) is 4.79 Å². The maximum absolute atomic E-state index is 11.5. The van der Waals surface area contributed by atoms with E-state index >= 15 is 0 Å². The Morgan fingerprint density at radius 3 is 2.38 bits per heavy atom. The van der Waals surface area contributed by atoms with Crippen LogP contribution in [0.15, 0.2) is 28.7 Å². The van der Waals surface area contributed by atoms with Gasteiger partial charge in [-0.15, -0.1) is 0 Å². The van der Waals surface area contributed by atoms with Crippen LogP contribution in [-0.2, 0) is 22.0 Å². The third-order valence-electron chi connectivity index (χ3n) is 5.23. The maximum atomic E-state index is 11.5. The number of furan rings is 1. The summed E-state index contributed by atoms with van der Waals surface area (Å²) in [4.78, 5) is 11.5. The fourth-order valence-corrected chi connectivity index (χ4v) is 4.23. The fourth-order valence-electron chi connectivity index (χ4n) is 4.23. The van der Waals surface area contributed by atoms with Crippen molar-refractivity contribution in [3.8, 4) is 0 Å². The normalized spacial score (nSPS) is 17.6. The van der Waals surface area contributed by atoms with Crippen LogP contribution in [0.2, 0.25) is 0 Å². The standard InChI is InChI=1S/C21H26O3/c1-13-9-16-17(21(4,5)12-20(16,2)3)11-14(13)10-15-7-8-18(24-15)19(22)23-6/h7-9,11H,10,12H2,1-6H3. The van der Waals surface area contributed by atoms with Gasteiger partial charge in [0.2, 0.25) is 5.76 Å². The summed E-state index contributed by atoms with van der Waals surface area (Å²) < 4.78 is 10.3. The summed E-state index contributed by atoms with van der Waals surface area (Å²) in [5.74, 6) is 0.607. The number of methoxy groups -OCH3 is 1. The quantitative estimate of drug-likeness (QED) is 0.751. The third kappa shape index (κ3) is 2.77.